The van der Waals surface area contributed by atoms with Crippen LogP contribution in [0.1, 0.15) is 16.7 Å². The zero-order chi connectivity index (χ0) is 22.0. The fourth-order valence-corrected chi connectivity index (χ4v) is 3.82. The molecule has 0 aliphatic rings. The molecule has 0 saturated carbocycles. The molecule has 31 heavy (non-hydrogen) atoms. The van der Waals surface area contributed by atoms with E-state index >= 15 is 0 Å². The third kappa shape index (κ3) is 3.52. The van der Waals surface area contributed by atoms with Gasteiger partial charge in [-0.3, -0.25) is 0 Å². The van der Waals surface area contributed by atoms with Crippen molar-refractivity contribution in [3.05, 3.63) is 137 Å². The van der Waals surface area contributed by atoms with E-state index in [1.165, 1.54) is 0 Å². The van der Waals surface area contributed by atoms with Gasteiger partial charge in [-0.05, 0) is 22.2 Å². The summed E-state index contributed by atoms with van der Waals surface area (Å²) in [7, 11) is 1.11. The molecule has 0 aliphatic heterocycles. The lowest BCUT2D eigenvalue weighted by molar-refractivity contribution is 0.384. The molecule has 0 N–H and O–H groups in total. The van der Waals surface area contributed by atoms with Crippen molar-refractivity contribution in [3.8, 4) is 0 Å². The van der Waals surface area contributed by atoms with E-state index in [0.717, 1.165) is 7.28 Å². The van der Waals surface area contributed by atoms with Gasteiger partial charge in [-0.25, -0.2) is 22.0 Å². The van der Waals surface area contributed by atoms with E-state index in [9.17, 15) is 22.0 Å². The summed E-state index contributed by atoms with van der Waals surface area (Å²) in [6.07, 6.45) is 0. The van der Waals surface area contributed by atoms with E-state index in [1.807, 2.05) is 0 Å². The highest BCUT2D eigenvalue weighted by Crippen LogP contribution is 2.38. The fraction of sp³-hybridized carbons (Fsp3) is 0.0400. The van der Waals surface area contributed by atoms with Gasteiger partial charge in [0, 0.05) is 5.31 Å². The minimum absolute atomic E-state index is 0.608. The quantitative estimate of drug-likeness (QED) is 0.128. The summed E-state index contributed by atoms with van der Waals surface area (Å²) in [6.45, 7) is 0. The SMILES string of the molecule is Fc1c(F)c(F)c([B]C(c2ccccc2)(c2ccccc2)c2ccccc2)c(F)c1F. The maximum atomic E-state index is 14.7. The third-order valence-corrected chi connectivity index (χ3v) is 5.29. The first-order chi connectivity index (χ1) is 15.0. The van der Waals surface area contributed by atoms with Crippen LogP contribution in [-0.4, -0.2) is 7.28 Å². The van der Waals surface area contributed by atoms with E-state index in [0.29, 0.717) is 16.7 Å². The molecule has 0 fully saturated rings. The van der Waals surface area contributed by atoms with Gasteiger partial charge in [0.05, 0.1) is 0 Å². The molecule has 0 bridgehead atoms. The van der Waals surface area contributed by atoms with E-state index in [1.54, 1.807) is 91.0 Å². The van der Waals surface area contributed by atoms with Crippen LogP contribution in [0.2, 0.25) is 0 Å². The second-order valence-corrected chi connectivity index (χ2v) is 7.03. The van der Waals surface area contributed by atoms with E-state index < -0.39 is 39.9 Å². The molecule has 153 valence electrons. The molecule has 6 heteroatoms. The molecule has 4 rings (SSSR count). The molecule has 0 amide bonds. The zero-order valence-electron chi connectivity index (χ0n) is 16.1. The van der Waals surface area contributed by atoms with Crippen molar-refractivity contribution in [2.45, 2.75) is 5.31 Å². The van der Waals surface area contributed by atoms with Gasteiger partial charge in [0.25, 0.3) is 0 Å². The van der Waals surface area contributed by atoms with Gasteiger partial charge >= 0.3 is 0 Å². The lowest BCUT2D eigenvalue weighted by atomic mass is 9.41. The molecule has 0 aromatic heterocycles. The first kappa shape index (κ1) is 20.9. The monoisotopic (exact) mass is 421 g/mol. The van der Waals surface area contributed by atoms with Gasteiger partial charge in [0.15, 0.2) is 36.4 Å². The Kier molecular flexibility index (Phi) is 5.64. The molecule has 0 saturated heterocycles. The van der Waals surface area contributed by atoms with Crippen molar-refractivity contribution in [1.82, 2.24) is 0 Å². The molecule has 0 aliphatic carbocycles. The Hall–Kier alpha value is -3.41. The molecule has 0 heterocycles. The molecule has 1 radical (unpaired) electrons. The van der Waals surface area contributed by atoms with Crippen molar-refractivity contribution in [3.63, 3.8) is 0 Å². The van der Waals surface area contributed by atoms with Crippen LogP contribution in [0.4, 0.5) is 22.0 Å². The standard InChI is InChI=1S/C25H15BF5/c27-20-19(21(28)23(30)24(31)22(20)29)26-25(16-10-4-1-5-11-16,17-12-6-2-7-13-17)18-14-8-3-9-15-18/h1-15H. The predicted octanol–water partition coefficient (Wildman–Crippen LogP) is 5.70. The molecule has 0 atom stereocenters. The van der Waals surface area contributed by atoms with Crippen molar-refractivity contribution >= 4 is 12.7 Å². The third-order valence-electron chi connectivity index (χ3n) is 5.29. The normalized spacial score (nSPS) is 11.4. The van der Waals surface area contributed by atoms with Gasteiger partial charge in [-0.2, -0.15) is 0 Å². The Morgan fingerprint density at radius 3 is 1.03 bits per heavy atom. The molecular formula is C25H15BF5. The van der Waals surface area contributed by atoms with Gasteiger partial charge < -0.3 is 0 Å². The van der Waals surface area contributed by atoms with Gasteiger partial charge in [-0.1, -0.05) is 91.0 Å². The number of hydrogen-bond acceptors (Lipinski definition) is 0. The topological polar surface area (TPSA) is 0 Å². The summed E-state index contributed by atoms with van der Waals surface area (Å²) >= 11 is 0. The van der Waals surface area contributed by atoms with E-state index in [2.05, 4.69) is 0 Å². The first-order valence-corrected chi connectivity index (χ1v) is 9.50. The van der Waals surface area contributed by atoms with Crippen LogP contribution in [-0.2, 0) is 5.31 Å². The number of hydrogen-bond donors (Lipinski definition) is 0. The highest BCUT2D eigenvalue weighted by molar-refractivity contribution is 6.59. The Labute approximate surface area is 177 Å². The molecule has 4 aromatic carbocycles. The van der Waals surface area contributed by atoms with Crippen LogP contribution in [0, 0.1) is 29.1 Å². The highest BCUT2D eigenvalue weighted by atomic mass is 19.2. The van der Waals surface area contributed by atoms with Crippen molar-refractivity contribution < 1.29 is 22.0 Å². The first-order valence-electron chi connectivity index (χ1n) is 9.50. The highest BCUT2D eigenvalue weighted by Gasteiger charge is 2.40. The molecular weight excluding hydrogens is 406 g/mol. The van der Waals surface area contributed by atoms with Crippen LogP contribution < -0.4 is 5.46 Å². The molecule has 4 aromatic rings. The Morgan fingerprint density at radius 1 is 0.419 bits per heavy atom. The largest absolute Gasteiger partial charge is 0.204 e. The Balaban J connectivity index is 2.08. The van der Waals surface area contributed by atoms with Crippen LogP contribution in [0.25, 0.3) is 0 Å². The van der Waals surface area contributed by atoms with Gasteiger partial charge in [0.2, 0.25) is 0 Å². The summed E-state index contributed by atoms with van der Waals surface area (Å²) in [5, 5.41) is -1.32. The summed E-state index contributed by atoms with van der Waals surface area (Å²) in [4.78, 5) is 0. The predicted molar refractivity (Wildman–Crippen MR) is 111 cm³/mol. The molecule has 0 nitrogen and oxygen atoms in total. The van der Waals surface area contributed by atoms with Gasteiger partial charge in [0.1, 0.15) is 0 Å². The Bertz CT molecular complexity index is 1070. The minimum Gasteiger partial charge on any atom is -0.204 e. The van der Waals surface area contributed by atoms with Crippen molar-refractivity contribution in [2.75, 3.05) is 0 Å². The second kappa shape index (κ2) is 8.38. The van der Waals surface area contributed by atoms with E-state index in [-0.39, 0.29) is 0 Å². The maximum absolute atomic E-state index is 14.7. The van der Waals surface area contributed by atoms with Crippen LogP contribution in [0.5, 0.6) is 0 Å². The van der Waals surface area contributed by atoms with Crippen LogP contribution >= 0.6 is 0 Å². The summed E-state index contributed by atoms with van der Waals surface area (Å²) in [6, 6.07) is 26.4. The zero-order valence-corrected chi connectivity index (χ0v) is 16.1. The second-order valence-electron chi connectivity index (χ2n) is 7.03. The summed E-state index contributed by atoms with van der Waals surface area (Å²) in [5.74, 6) is -9.88. The molecule has 0 spiro atoms. The van der Waals surface area contributed by atoms with Crippen molar-refractivity contribution in [1.29, 1.82) is 0 Å². The maximum Gasteiger partial charge on any atom is 0.200 e. The molecule has 0 unspecified atom stereocenters. The number of halogens is 5. The average molecular weight is 421 g/mol. The Morgan fingerprint density at radius 2 is 0.710 bits per heavy atom. The smallest absolute Gasteiger partial charge is 0.200 e. The van der Waals surface area contributed by atoms with Crippen molar-refractivity contribution in [2.24, 2.45) is 0 Å². The van der Waals surface area contributed by atoms with Gasteiger partial charge in [-0.15, -0.1) is 0 Å². The van der Waals surface area contributed by atoms with Crippen LogP contribution in [0.15, 0.2) is 91.0 Å². The van der Waals surface area contributed by atoms with Crippen LogP contribution in [0.3, 0.4) is 0 Å². The lowest BCUT2D eigenvalue weighted by Crippen LogP contribution is -2.45. The average Bonchev–Trinajstić information content (AvgIpc) is 2.83. The summed E-state index contributed by atoms with van der Waals surface area (Å²) < 4.78 is 71.1. The number of rotatable bonds is 5. The van der Waals surface area contributed by atoms with E-state index in [4.69, 9.17) is 0 Å². The minimum atomic E-state index is -2.18. The lowest BCUT2D eigenvalue weighted by Gasteiger charge is -2.36. The summed E-state index contributed by atoms with van der Waals surface area (Å²) in [5.41, 5.74) is 0.844. The fourth-order valence-electron chi connectivity index (χ4n) is 3.82. The number of benzene rings is 4.